The number of benzene rings is 2. The van der Waals surface area contributed by atoms with Crippen LogP contribution in [0.5, 0.6) is 5.75 Å². The van der Waals surface area contributed by atoms with Crippen molar-refractivity contribution in [2.24, 2.45) is 0 Å². The molecule has 0 bridgehead atoms. The number of carbonyl (C=O) groups is 1. The predicted molar refractivity (Wildman–Crippen MR) is 111 cm³/mol. The maximum atomic E-state index is 12.4. The van der Waals surface area contributed by atoms with Crippen LogP contribution in [0.15, 0.2) is 42.5 Å². The zero-order valence-electron chi connectivity index (χ0n) is 15.8. The molecule has 1 aliphatic rings. The number of piperidine rings is 1. The molecule has 1 saturated heterocycles. The number of nitrogens with zero attached hydrogens (tertiary/aromatic N) is 1. The van der Waals surface area contributed by atoms with Crippen LogP contribution in [0.1, 0.15) is 41.6 Å². The highest BCUT2D eigenvalue weighted by molar-refractivity contribution is 6.31. The van der Waals surface area contributed by atoms with E-state index in [1.807, 2.05) is 0 Å². The van der Waals surface area contributed by atoms with Crippen molar-refractivity contribution in [1.82, 2.24) is 5.32 Å². The lowest BCUT2D eigenvalue weighted by atomic mass is 10.1. The van der Waals surface area contributed by atoms with Gasteiger partial charge in [0.05, 0.1) is 12.7 Å². The van der Waals surface area contributed by atoms with Crippen molar-refractivity contribution in [1.29, 1.82) is 0 Å². The highest BCUT2D eigenvalue weighted by Gasteiger charge is 2.13. The zero-order valence-corrected chi connectivity index (χ0v) is 16.6. The van der Waals surface area contributed by atoms with Crippen LogP contribution in [-0.2, 0) is 6.42 Å². The van der Waals surface area contributed by atoms with Gasteiger partial charge in [0.2, 0.25) is 0 Å². The molecule has 0 atom stereocenters. The predicted octanol–water partition coefficient (Wildman–Crippen LogP) is 4.70. The molecule has 2 aromatic carbocycles. The van der Waals surface area contributed by atoms with Crippen LogP contribution < -0.4 is 15.0 Å². The second-order valence-corrected chi connectivity index (χ2v) is 7.35. The molecular weight excluding hydrogens is 360 g/mol. The minimum atomic E-state index is -0.158. The Balaban J connectivity index is 1.46. The second kappa shape index (κ2) is 9.65. The number of anilines is 1. The number of methoxy groups -OCH3 is 1. The molecule has 0 spiro atoms. The summed E-state index contributed by atoms with van der Waals surface area (Å²) in [5, 5.41) is 3.47. The Labute approximate surface area is 166 Å². The number of hydrogen-bond acceptors (Lipinski definition) is 3. The smallest absolute Gasteiger partial charge is 0.255 e. The quantitative estimate of drug-likeness (QED) is 0.701. The van der Waals surface area contributed by atoms with Gasteiger partial charge in [0.25, 0.3) is 5.91 Å². The van der Waals surface area contributed by atoms with Gasteiger partial charge in [0, 0.05) is 30.3 Å². The van der Waals surface area contributed by atoms with E-state index in [1.54, 1.807) is 25.3 Å². The van der Waals surface area contributed by atoms with Gasteiger partial charge in [-0.3, -0.25) is 4.79 Å². The van der Waals surface area contributed by atoms with Gasteiger partial charge in [0.1, 0.15) is 5.75 Å². The van der Waals surface area contributed by atoms with Crippen LogP contribution in [0.2, 0.25) is 5.02 Å². The minimum Gasteiger partial charge on any atom is -0.496 e. The molecule has 0 radical (unpaired) electrons. The van der Waals surface area contributed by atoms with Crippen LogP contribution >= 0.6 is 11.6 Å². The standard InChI is InChI=1S/C22H27ClN2O2/c1-27-21-12-9-18(23)16-20(21)22(26)24-13-5-6-17-7-10-19(11-8-17)25-14-3-2-4-15-25/h7-12,16H,2-6,13-15H2,1H3,(H,24,26). The van der Waals surface area contributed by atoms with Gasteiger partial charge in [-0.15, -0.1) is 0 Å². The summed E-state index contributed by atoms with van der Waals surface area (Å²) >= 11 is 5.99. The van der Waals surface area contributed by atoms with Crippen LogP contribution in [-0.4, -0.2) is 32.7 Å². The molecule has 1 amide bonds. The lowest BCUT2D eigenvalue weighted by Crippen LogP contribution is -2.29. The Morgan fingerprint density at radius 2 is 1.85 bits per heavy atom. The normalized spacial score (nSPS) is 14.1. The van der Waals surface area contributed by atoms with E-state index < -0.39 is 0 Å². The molecule has 5 heteroatoms. The summed E-state index contributed by atoms with van der Waals surface area (Å²) in [4.78, 5) is 14.8. The zero-order chi connectivity index (χ0) is 19.1. The van der Waals surface area contributed by atoms with Crippen molar-refractivity contribution in [3.05, 3.63) is 58.6 Å². The Kier molecular flexibility index (Phi) is 6.99. The number of rotatable bonds is 7. The number of amides is 1. The van der Waals surface area contributed by atoms with Crippen LogP contribution in [0.4, 0.5) is 5.69 Å². The first-order valence-corrected chi connectivity index (χ1v) is 10.0. The number of carbonyl (C=O) groups excluding carboxylic acids is 1. The number of hydrogen-bond donors (Lipinski definition) is 1. The van der Waals surface area contributed by atoms with E-state index in [9.17, 15) is 4.79 Å². The van der Waals surface area contributed by atoms with Crippen molar-refractivity contribution < 1.29 is 9.53 Å². The highest BCUT2D eigenvalue weighted by atomic mass is 35.5. The van der Waals surface area contributed by atoms with Gasteiger partial charge in [0.15, 0.2) is 0 Å². The maximum Gasteiger partial charge on any atom is 0.255 e. The molecule has 0 unspecified atom stereocenters. The van der Waals surface area contributed by atoms with Gasteiger partial charge in [-0.1, -0.05) is 23.7 Å². The largest absolute Gasteiger partial charge is 0.496 e. The Hall–Kier alpha value is -2.20. The molecule has 1 fully saturated rings. The topological polar surface area (TPSA) is 41.6 Å². The SMILES string of the molecule is COc1ccc(Cl)cc1C(=O)NCCCc1ccc(N2CCCCC2)cc1. The molecule has 27 heavy (non-hydrogen) atoms. The van der Waals surface area contributed by atoms with E-state index in [2.05, 4.69) is 34.5 Å². The third kappa shape index (κ3) is 5.39. The summed E-state index contributed by atoms with van der Waals surface area (Å²) in [6.07, 6.45) is 5.75. The van der Waals surface area contributed by atoms with Crippen LogP contribution in [0, 0.1) is 0 Å². The van der Waals surface area contributed by atoms with Gasteiger partial charge in [-0.2, -0.15) is 0 Å². The number of ether oxygens (including phenoxy) is 1. The molecule has 2 aromatic rings. The Morgan fingerprint density at radius 3 is 2.56 bits per heavy atom. The van der Waals surface area contributed by atoms with E-state index in [0.29, 0.717) is 22.9 Å². The summed E-state index contributed by atoms with van der Waals surface area (Å²) in [5.41, 5.74) is 3.08. The first kappa shape index (κ1) is 19.6. The summed E-state index contributed by atoms with van der Waals surface area (Å²) in [6, 6.07) is 13.9. The van der Waals surface area contributed by atoms with E-state index >= 15 is 0 Å². The lowest BCUT2D eigenvalue weighted by Gasteiger charge is -2.28. The molecule has 1 aliphatic heterocycles. The average molecular weight is 387 g/mol. The number of halogens is 1. The fraction of sp³-hybridized carbons (Fsp3) is 0.409. The van der Waals surface area contributed by atoms with Crippen molar-refractivity contribution in [2.45, 2.75) is 32.1 Å². The summed E-state index contributed by atoms with van der Waals surface area (Å²) in [5.74, 6) is 0.375. The van der Waals surface area contributed by atoms with E-state index in [-0.39, 0.29) is 5.91 Å². The maximum absolute atomic E-state index is 12.4. The van der Waals surface area contributed by atoms with Crippen molar-refractivity contribution >= 4 is 23.2 Å². The molecule has 1 N–H and O–H groups in total. The molecular formula is C22H27ClN2O2. The molecule has 0 aromatic heterocycles. The average Bonchev–Trinajstić information content (AvgIpc) is 2.72. The second-order valence-electron chi connectivity index (χ2n) is 6.92. The molecule has 144 valence electrons. The highest BCUT2D eigenvalue weighted by Crippen LogP contribution is 2.23. The van der Waals surface area contributed by atoms with Gasteiger partial charge in [-0.25, -0.2) is 0 Å². The molecule has 4 nitrogen and oxygen atoms in total. The summed E-state index contributed by atoms with van der Waals surface area (Å²) < 4.78 is 5.23. The van der Waals surface area contributed by atoms with Crippen molar-refractivity contribution in [3.8, 4) is 5.75 Å². The first-order valence-electron chi connectivity index (χ1n) is 9.63. The summed E-state index contributed by atoms with van der Waals surface area (Å²) in [7, 11) is 1.55. The lowest BCUT2D eigenvalue weighted by molar-refractivity contribution is 0.0950. The van der Waals surface area contributed by atoms with Gasteiger partial charge >= 0.3 is 0 Å². The Bertz CT molecular complexity index is 755. The van der Waals surface area contributed by atoms with Gasteiger partial charge < -0.3 is 15.0 Å². The minimum absolute atomic E-state index is 0.158. The molecule has 0 saturated carbocycles. The monoisotopic (exact) mass is 386 g/mol. The van der Waals surface area contributed by atoms with Crippen LogP contribution in [0.3, 0.4) is 0 Å². The van der Waals surface area contributed by atoms with Crippen molar-refractivity contribution in [2.75, 3.05) is 31.6 Å². The fourth-order valence-corrected chi connectivity index (χ4v) is 3.64. The molecule has 3 rings (SSSR count). The number of aryl methyl sites for hydroxylation is 1. The Morgan fingerprint density at radius 1 is 1.11 bits per heavy atom. The van der Waals surface area contributed by atoms with E-state index in [4.69, 9.17) is 16.3 Å². The van der Waals surface area contributed by atoms with E-state index in [1.165, 1.54) is 43.6 Å². The van der Waals surface area contributed by atoms with Gasteiger partial charge in [-0.05, 0) is 68.0 Å². The number of nitrogens with one attached hydrogen (secondary N) is 1. The third-order valence-corrected chi connectivity index (χ3v) is 5.23. The molecule has 0 aliphatic carbocycles. The first-order chi connectivity index (χ1) is 13.2. The van der Waals surface area contributed by atoms with Crippen molar-refractivity contribution in [3.63, 3.8) is 0 Å². The van der Waals surface area contributed by atoms with Crippen LogP contribution in [0.25, 0.3) is 0 Å². The third-order valence-electron chi connectivity index (χ3n) is 4.99. The summed E-state index contributed by atoms with van der Waals surface area (Å²) in [6.45, 7) is 2.94. The fourth-order valence-electron chi connectivity index (χ4n) is 3.47. The van der Waals surface area contributed by atoms with E-state index in [0.717, 1.165) is 12.8 Å². The molecule has 1 heterocycles.